The van der Waals surface area contributed by atoms with Gasteiger partial charge in [-0.05, 0) is 28.1 Å². The Balaban J connectivity index is 2.91. The van der Waals surface area contributed by atoms with Crippen molar-refractivity contribution in [1.29, 1.82) is 0 Å². The number of alkyl halides is 1. The van der Waals surface area contributed by atoms with Gasteiger partial charge in [-0.3, -0.25) is 9.20 Å². The fourth-order valence-corrected chi connectivity index (χ4v) is 2.00. The average Bonchev–Trinajstić information content (AvgIpc) is 2.24. The highest BCUT2D eigenvalue weighted by molar-refractivity contribution is 9.10. The zero-order valence-corrected chi connectivity index (χ0v) is 9.72. The van der Waals surface area contributed by atoms with Crippen LogP contribution in [0.25, 0.3) is 5.65 Å². The average molecular weight is 292 g/mol. The maximum atomic E-state index is 12.9. The van der Waals surface area contributed by atoms with Crippen molar-refractivity contribution in [3.8, 4) is 0 Å². The smallest absolute Gasteiger partial charge is 0.268 e. The lowest BCUT2D eigenvalue weighted by Gasteiger charge is -2.03. The highest BCUT2D eigenvalue weighted by Crippen LogP contribution is 2.13. The Bertz CT molecular complexity index is 584. The van der Waals surface area contributed by atoms with E-state index in [9.17, 15) is 9.18 Å². The molecule has 2 rings (SSSR count). The first-order valence-corrected chi connectivity index (χ1v) is 5.38. The molecule has 2 heterocycles. The van der Waals surface area contributed by atoms with Gasteiger partial charge in [-0.25, -0.2) is 9.37 Å². The maximum absolute atomic E-state index is 12.9. The van der Waals surface area contributed by atoms with Crippen LogP contribution in [0.2, 0.25) is 0 Å². The number of pyridine rings is 1. The Hall–Kier alpha value is -0.940. The van der Waals surface area contributed by atoms with Crippen molar-refractivity contribution in [2.45, 2.75) is 5.88 Å². The molecule has 3 nitrogen and oxygen atoms in total. The van der Waals surface area contributed by atoms with Gasteiger partial charge < -0.3 is 0 Å². The Morgan fingerprint density at radius 3 is 2.93 bits per heavy atom. The van der Waals surface area contributed by atoms with Crippen LogP contribution in [0.4, 0.5) is 4.39 Å². The van der Waals surface area contributed by atoms with Crippen LogP contribution in [0, 0.1) is 5.82 Å². The molecule has 0 saturated heterocycles. The predicted octanol–water partition coefficient (Wildman–Crippen LogP) is 2.33. The first kappa shape index (κ1) is 10.6. The van der Waals surface area contributed by atoms with Crippen LogP contribution >= 0.6 is 27.5 Å². The lowest BCUT2D eigenvalue weighted by molar-refractivity contribution is 0.617. The largest absolute Gasteiger partial charge is 0.272 e. The summed E-state index contributed by atoms with van der Waals surface area (Å²) in [7, 11) is 0. The lowest BCUT2D eigenvalue weighted by atomic mass is 10.4. The summed E-state index contributed by atoms with van der Waals surface area (Å²) in [5.41, 5.74) is 0.462. The minimum absolute atomic E-state index is 0.129. The van der Waals surface area contributed by atoms with E-state index in [4.69, 9.17) is 11.6 Å². The number of aromatic nitrogens is 2. The summed E-state index contributed by atoms with van der Waals surface area (Å²) in [5, 5.41) is 0. The molecule has 15 heavy (non-hydrogen) atoms. The Morgan fingerprint density at radius 1 is 1.53 bits per heavy atom. The first-order valence-electron chi connectivity index (χ1n) is 4.05. The maximum Gasteiger partial charge on any atom is 0.272 e. The quantitative estimate of drug-likeness (QED) is 0.756. The molecule has 0 spiro atoms. The number of nitrogens with zero attached hydrogens (tertiary/aromatic N) is 2. The summed E-state index contributed by atoms with van der Waals surface area (Å²) in [6.45, 7) is 0. The number of hydrogen-bond donors (Lipinski definition) is 0. The molecule has 0 amide bonds. The third-order valence-electron chi connectivity index (χ3n) is 1.93. The van der Waals surface area contributed by atoms with E-state index < -0.39 is 5.82 Å². The normalized spacial score (nSPS) is 10.9. The zero-order valence-electron chi connectivity index (χ0n) is 7.38. The van der Waals surface area contributed by atoms with Gasteiger partial charge in [0.25, 0.3) is 5.56 Å². The van der Waals surface area contributed by atoms with E-state index in [1.807, 2.05) is 0 Å². The van der Waals surface area contributed by atoms with Gasteiger partial charge in [0.15, 0.2) is 0 Å². The standard InChI is InChI=1S/C9H5BrClFN2O/c10-8-6(3-11)13-7-2-1-5(12)4-14(7)9(8)15/h1-2,4H,3H2. The van der Waals surface area contributed by atoms with Gasteiger partial charge in [0, 0.05) is 6.20 Å². The van der Waals surface area contributed by atoms with Gasteiger partial charge in [-0.1, -0.05) is 0 Å². The van der Waals surface area contributed by atoms with Crippen molar-refractivity contribution in [3.05, 3.63) is 44.7 Å². The van der Waals surface area contributed by atoms with Crippen LogP contribution in [-0.2, 0) is 5.88 Å². The third-order valence-corrected chi connectivity index (χ3v) is 2.98. The molecule has 0 radical (unpaired) electrons. The van der Waals surface area contributed by atoms with E-state index in [1.54, 1.807) is 0 Å². The molecule has 0 unspecified atom stereocenters. The topological polar surface area (TPSA) is 34.4 Å². The van der Waals surface area contributed by atoms with Crippen molar-refractivity contribution in [1.82, 2.24) is 9.38 Å². The van der Waals surface area contributed by atoms with Crippen molar-refractivity contribution < 1.29 is 4.39 Å². The van der Waals surface area contributed by atoms with Crippen LogP contribution in [0.1, 0.15) is 5.69 Å². The van der Waals surface area contributed by atoms with Crippen molar-refractivity contribution in [2.75, 3.05) is 0 Å². The molecule has 0 bridgehead atoms. The molecule has 0 aliphatic rings. The van der Waals surface area contributed by atoms with Crippen molar-refractivity contribution >= 4 is 33.2 Å². The first-order chi connectivity index (χ1) is 7.13. The van der Waals surface area contributed by atoms with Crippen LogP contribution in [0.3, 0.4) is 0 Å². The van der Waals surface area contributed by atoms with Gasteiger partial charge in [0.05, 0.1) is 11.6 Å². The SMILES string of the molecule is O=c1c(Br)c(CCl)nc2ccc(F)cn12. The summed E-state index contributed by atoms with van der Waals surface area (Å²) in [5.74, 6) is -0.360. The Labute approximate surface area is 97.6 Å². The molecule has 6 heteroatoms. The molecule has 0 aliphatic carbocycles. The third kappa shape index (κ3) is 1.77. The minimum Gasteiger partial charge on any atom is -0.268 e. The van der Waals surface area contributed by atoms with Gasteiger partial charge in [-0.15, -0.1) is 11.6 Å². The van der Waals surface area contributed by atoms with Crippen molar-refractivity contribution in [2.24, 2.45) is 0 Å². The predicted molar refractivity (Wildman–Crippen MR) is 58.7 cm³/mol. The second-order valence-corrected chi connectivity index (χ2v) is 3.95. The molecular formula is C9H5BrClFN2O. The van der Waals surface area contributed by atoms with E-state index in [1.165, 1.54) is 12.1 Å². The van der Waals surface area contributed by atoms with Crippen LogP contribution in [0.15, 0.2) is 27.6 Å². The number of halogens is 3. The molecule has 2 aromatic heterocycles. The zero-order chi connectivity index (χ0) is 11.0. The molecule has 2 aromatic rings. The molecule has 78 valence electrons. The number of hydrogen-bond acceptors (Lipinski definition) is 2. The lowest BCUT2D eigenvalue weighted by Crippen LogP contribution is -2.18. The fraction of sp³-hybridized carbons (Fsp3) is 0.111. The minimum atomic E-state index is -0.489. The van der Waals surface area contributed by atoms with Gasteiger partial charge >= 0.3 is 0 Å². The highest BCUT2D eigenvalue weighted by atomic mass is 79.9. The van der Waals surface area contributed by atoms with Gasteiger partial charge in [-0.2, -0.15) is 0 Å². The van der Waals surface area contributed by atoms with Crippen LogP contribution in [0.5, 0.6) is 0 Å². The molecule has 0 aromatic carbocycles. The molecule has 0 fully saturated rings. The molecule has 0 N–H and O–H groups in total. The molecule has 0 aliphatic heterocycles. The highest BCUT2D eigenvalue weighted by Gasteiger charge is 2.09. The van der Waals surface area contributed by atoms with Crippen molar-refractivity contribution in [3.63, 3.8) is 0 Å². The van der Waals surface area contributed by atoms with E-state index in [0.717, 1.165) is 10.6 Å². The molecule has 0 atom stereocenters. The summed E-state index contributed by atoms with van der Waals surface area (Å²) in [6, 6.07) is 2.67. The van der Waals surface area contributed by atoms with E-state index >= 15 is 0 Å². The fourth-order valence-electron chi connectivity index (χ4n) is 1.23. The molecular weight excluding hydrogens is 286 g/mol. The summed E-state index contributed by atoms with van der Waals surface area (Å²) < 4.78 is 14.3. The monoisotopic (exact) mass is 290 g/mol. The van der Waals surface area contributed by atoms with Gasteiger partial charge in [0.1, 0.15) is 15.9 Å². The number of fused-ring (bicyclic) bond motifs is 1. The van der Waals surface area contributed by atoms with Gasteiger partial charge in [0.2, 0.25) is 0 Å². The number of rotatable bonds is 1. The second kappa shape index (κ2) is 3.90. The van der Waals surface area contributed by atoms with E-state index in [0.29, 0.717) is 11.3 Å². The molecule has 0 saturated carbocycles. The Kier molecular flexibility index (Phi) is 2.75. The summed E-state index contributed by atoms with van der Waals surface area (Å²) in [6.07, 6.45) is 1.09. The van der Waals surface area contributed by atoms with E-state index in [2.05, 4.69) is 20.9 Å². The van der Waals surface area contributed by atoms with Crippen LogP contribution in [-0.4, -0.2) is 9.38 Å². The van der Waals surface area contributed by atoms with E-state index in [-0.39, 0.29) is 15.9 Å². The van der Waals surface area contributed by atoms with Crippen LogP contribution < -0.4 is 5.56 Å². The second-order valence-electron chi connectivity index (χ2n) is 2.89. The summed E-state index contributed by atoms with van der Waals surface area (Å²) in [4.78, 5) is 15.8. The Morgan fingerprint density at radius 2 is 2.27 bits per heavy atom. The summed E-state index contributed by atoms with van der Waals surface area (Å²) >= 11 is 8.70.